The lowest BCUT2D eigenvalue weighted by molar-refractivity contribution is -0.148. The Labute approximate surface area is 126 Å². The summed E-state index contributed by atoms with van der Waals surface area (Å²) in [6, 6.07) is 0. The Kier molecular flexibility index (Phi) is 4.09. The first-order chi connectivity index (χ1) is 10.1. The van der Waals surface area contributed by atoms with Crippen LogP contribution >= 0.6 is 0 Å². The summed E-state index contributed by atoms with van der Waals surface area (Å²) in [7, 11) is 0. The molecule has 0 radical (unpaired) electrons. The first kappa shape index (κ1) is 14.7. The molecule has 0 atom stereocenters. The van der Waals surface area contributed by atoms with E-state index in [9.17, 15) is 4.79 Å². The first-order valence-electron chi connectivity index (χ1n) is 8.37. The van der Waals surface area contributed by atoms with Crippen molar-refractivity contribution in [1.82, 2.24) is 4.90 Å². The Bertz CT molecular complexity index is 407. The summed E-state index contributed by atoms with van der Waals surface area (Å²) >= 11 is 0. The van der Waals surface area contributed by atoms with Gasteiger partial charge in [-0.3, -0.25) is 4.79 Å². The molecule has 0 saturated heterocycles. The van der Waals surface area contributed by atoms with Crippen LogP contribution in [0.15, 0.2) is 5.16 Å². The fourth-order valence-electron chi connectivity index (χ4n) is 5.26. The lowest BCUT2D eigenvalue weighted by Gasteiger charge is -2.54. The SMILES string of the molecule is CCN(CCC(N)=NO)C(=O)C1C2CC3CC(C2)CC1C3. The number of amidine groups is 1. The fraction of sp³-hybridized carbons (Fsp3) is 0.875. The molecule has 0 spiro atoms. The van der Waals surface area contributed by atoms with Gasteiger partial charge in [-0.2, -0.15) is 0 Å². The predicted octanol–water partition coefficient (Wildman–Crippen LogP) is 2.04. The van der Waals surface area contributed by atoms with Crippen LogP contribution in [0.2, 0.25) is 0 Å². The molecule has 0 aliphatic heterocycles. The van der Waals surface area contributed by atoms with Crippen molar-refractivity contribution in [3.05, 3.63) is 0 Å². The molecule has 1 amide bonds. The highest BCUT2D eigenvalue weighted by atomic mass is 16.4. The van der Waals surface area contributed by atoms with E-state index in [1.165, 1.54) is 32.1 Å². The second kappa shape index (κ2) is 5.85. The summed E-state index contributed by atoms with van der Waals surface area (Å²) in [4.78, 5) is 14.9. The number of carbonyl (C=O) groups is 1. The van der Waals surface area contributed by atoms with Crippen LogP contribution in [-0.2, 0) is 4.79 Å². The Balaban J connectivity index is 1.66. The average Bonchev–Trinajstić information content (AvgIpc) is 2.46. The van der Waals surface area contributed by atoms with E-state index in [2.05, 4.69) is 5.16 Å². The van der Waals surface area contributed by atoms with Crippen molar-refractivity contribution in [3.63, 3.8) is 0 Å². The topological polar surface area (TPSA) is 78.9 Å². The molecule has 4 rings (SSSR count). The standard InChI is InChI=1S/C16H27N3O2/c1-2-19(4-3-14(17)18-21)16(20)15-12-6-10-5-11(8-12)9-13(15)7-10/h10-13,15,21H,2-9H2,1H3,(H2,17,18). The third-order valence-electron chi connectivity index (χ3n) is 5.97. The van der Waals surface area contributed by atoms with E-state index < -0.39 is 0 Å². The molecule has 5 heteroatoms. The summed E-state index contributed by atoms with van der Waals surface area (Å²) in [5, 5.41) is 11.6. The van der Waals surface area contributed by atoms with Crippen LogP contribution in [0, 0.1) is 29.6 Å². The normalized spacial score (nSPS) is 37.8. The summed E-state index contributed by atoms with van der Waals surface area (Å²) in [6.07, 6.45) is 6.92. The van der Waals surface area contributed by atoms with Crippen molar-refractivity contribution in [3.8, 4) is 0 Å². The van der Waals surface area contributed by atoms with Gasteiger partial charge in [0.1, 0.15) is 5.84 Å². The van der Waals surface area contributed by atoms with Gasteiger partial charge in [0.05, 0.1) is 0 Å². The number of nitrogens with two attached hydrogens (primary N) is 1. The number of rotatable bonds is 5. The average molecular weight is 293 g/mol. The molecule has 0 unspecified atom stereocenters. The monoisotopic (exact) mass is 293 g/mol. The van der Waals surface area contributed by atoms with Gasteiger partial charge in [0.25, 0.3) is 0 Å². The van der Waals surface area contributed by atoms with Crippen molar-refractivity contribution in [2.75, 3.05) is 13.1 Å². The maximum Gasteiger partial charge on any atom is 0.226 e. The van der Waals surface area contributed by atoms with Gasteiger partial charge in [0.2, 0.25) is 5.91 Å². The summed E-state index contributed by atoms with van der Waals surface area (Å²) in [5.74, 6) is 3.78. The van der Waals surface area contributed by atoms with Gasteiger partial charge in [-0.05, 0) is 62.7 Å². The van der Waals surface area contributed by atoms with Crippen LogP contribution < -0.4 is 5.73 Å². The second-order valence-electron chi connectivity index (χ2n) is 7.22. The molecule has 4 aliphatic rings. The largest absolute Gasteiger partial charge is 0.409 e. The van der Waals surface area contributed by atoms with Crippen LogP contribution in [0.5, 0.6) is 0 Å². The van der Waals surface area contributed by atoms with Gasteiger partial charge in [-0.25, -0.2) is 0 Å². The zero-order valence-corrected chi connectivity index (χ0v) is 12.9. The molecule has 4 aliphatic carbocycles. The lowest BCUT2D eigenvalue weighted by Crippen LogP contribution is -2.52. The number of oxime groups is 1. The molecule has 3 N–H and O–H groups in total. The maximum atomic E-state index is 12.9. The van der Waals surface area contributed by atoms with Gasteiger partial charge in [-0.1, -0.05) is 5.16 Å². The summed E-state index contributed by atoms with van der Waals surface area (Å²) < 4.78 is 0. The Hall–Kier alpha value is -1.26. The predicted molar refractivity (Wildman–Crippen MR) is 80.8 cm³/mol. The fourth-order valence-corrected chi connectivity index (χ4v) is 5.26. The number of carbonyl (C=O) groups excluding carboxylic acids is 1. The molecule has 0 aromatic rings. The van der Waals surface area contributed by atoms with Crippen LogP contribution in [0.4, 0.5) is 0 Å². The third-order valence-corrected chi connectivity index (χ3v) is 5.97. The second-order valence-corrected chi connectivity index (χ2v) is 7.22. The molecular formula is C16H27N3O2. The van der Waals surface area contributed by atoms with Crippen molar-refractivity contribution in [2.24, 2.45) is 40.5 Å². The van der Waals surface area contributed by atoms with Crippen LogP contribution in [-0.4, -0.2) is 34.9 Å². The van der Waals surface area contributed by atoms with Crippen LogP contribution in [0.25, 0.3) is 0 Å². The van der Waals surface area contributed by atoms with Gasteiger partial charge in [0.15, 0.2) is 0 Å². The zero-order chi connectivity index (χ0) is 15.0. The minimum absolute atomic E-state index is 0.200. The van der Waals surface area contributed by atoms with Crippen molar-refractivity contribution in [2.45, 2.75) is 45.4 Å². The smallest absolute Gasteiger partial charge is 0.226 e. The number of amides is 1. The minimum atomic E-state index is 0.200. The van der Waals surface area contributed by atoms with Gasteiger partial charge in [-0.15, -0.1) is 0 Å². The van der Waals surface area contributed by atoms with E-state index in [1.54, 1.807) is 0 Å². The first-order valence-corrected chi connectivity index (χ1v) is 8.37. The van der Waals surface area contributed by atoms with Crippen molar-refractivity contribution in [1.29, 1.82) is 0 Å². The van der Waals surface area contributed by atoms with E-state index in [0.29, 0.717) is 37.3 Å². The molecule has 4 fully saturated rings. The van der Waals surface area contributed by atoms with Gasteiger partial charge in [0, 0.05) is 25.4 Å². The summed E-state index contributed by atoms with van der Waals surface area (Å²) in [5.41, 5.74) is 5.53. The van der Waals surface area contributed by atoms with Crippen LogP contribution in [0.3, 0.4) is 0 Å². The Morgan fingerprint density at radius 1 is 1.19 bits per heavy atom. The lowest BCUT2D eigenvalue weighted by atomic mass is 9.51. The third kappa shape index (κ3) is 2.74. The van der Waals surface area contributed by atoms with E-state index in [-0.39, 0.29) is 11.8 Å². The highest BCUT2D eigenvalue weighted by Gasteiger charge is 2.51. The molecule has 0 aromatic carbocycles. The molecule has 4 saturated carbocycles. The molecule has 0 aromatic heterocycles. The van der Waals surface area contributed by atoms with Gasteiger partial charge < -0.3 is 15.8 Å². The highest BCUT2D eigenvalue weighted by Crippen LogP contribution is 2.56. The number of hydrogen-bond donors (Lipinski definition) is 2. The van der Waals surface area contributed by atoms with Crippen molar-refractivity contribution >= 4 is 11.7 Å². The van der Waals surface area contributed by atoms with Gasteiger partial charge >= 0.3 is 0 Å². The van der Waals surface area contributed by atoms with E-state index in [4.69, 9.17) is 10.9 Å². The maximum absolute atomic E-state index is 12.9. The molecule has 0 heterocycles. The van der Waals surface area contributed by atoms with Crippen molar-refractivity contribution < 1.29 is 10.0 Å². The Morgan fingerprint density at radius 2 is 1.76 bits per heavy atom. The number of hydrogen-bond acceptors (Lipinski definition) is 3. The molecule has 118 valence electrons. The molecule has 21 heavy (non-hydrogen) atoms. The van der Waals surface area contributed by atoms with E-state index >= 15 is 0 Å². The number of nitrogens with zero attached hydrogens (tertiary/aromatic N) is 2. The summed E-state index contributed by atoms with van der Waals surface area (Å²) in [6.45, 7) is 3.29. The van der Waals surface area contributed by atoms with E-state index in [0.717, 1.165) is 11.8 Å². The molecular weight excluding hydrogens is 266 g/mol. The molecule has 4 bridgehead atoms. The molecule has 5 nitrogen and oxygen atoms in total. The quantitative estimate of drug-likeness (QED) is 0.352. The highest BCUT2D eigenvalue weighted by molar-refractivity contribution is 5.82. The Morgan fingerprint density at radius 3 is 2.24 bits per heavy atom. The van der Waals surface area contributed by atoms with Crippen LogP contribution in [0.1, 0.15) is 45.4 Å². The minimum Gasteiger partial charge on any atom is -0.409 e. The zero-order valence-electron chi connectivity index (χ0n) is 12.9. The van der Waals surface area contributed by atoms with E-state index in [1.807, 2.05) is 11.8 Å².